The lowest BCUT2D eigenvalue weighted by atomic mass is 9.95. The summed E-state index contributed by atoms with van der Waals surface area (Å²) in [5, 5.41) is 2.13. The lowest BCUT2D eigenvalue weighted by Crippen LogP contribution is -2.38. The van der Waals surface area contributed by atoms with Crippen LogP contribution in [0, 0.1) is 5.82 Å². The Kier molecular flexibility index (Phi) is 5.79. The molecule has 1 unspecified atom stereocenters. The van der Waals surface area contributed by atoms with Gasteiger partial charge in [0, 0.05) is 41.8 Å². The molecule has 6 heteroatoms. The molecule has 4 nitrogen and oxygen atoms in total. The van der Waals surface area contributed by atoms with Crippen LogP contribution in [0.4, 0.5) is 4.39 Å². The maximum Gasteiger partial charge on any atom is 0.230 e. The molecule has 0 aliphatic heterocycles. The zero-order chi connectivity index (χ0) is 22.1. The maximum atomic E-state index is 13.5. The van der Waals surface area contributed by atoms with Gasteiger partial charge in [0.1, 0.15) is 5.82 Å². The van der Waals surface area contributed by atoms with Crippen molar-refractivity contribution in [3.05, 3.63) is 83.2 Å². The van der Waals surface area contributed by atoms with Gasteiger partial charge in [-0.3, -0.25) is 9.20 Å². The fourth-order valence-corrected chi connectivity index (χ4v) is 5.21. The number of aromatic nitrogens is 2. The van der Waals surface area contributed by atoms with Crippen molar-refractivity contribution in [3.63, 3.8) is 0 Å². The predicted molar refractivity (Wildman–Crippen MR) is 126 cm³/mol. The molecule has 32 heavy (non-hydrogen) atoms. The van der Waals surface area contributed by atoms with E-state index in [1.807, 2.05) is 24.4 Å². The Labute approximate surface area is 191 Å². The van der Waals surface area contributed by atoms with Gasteiger partial charge < -0.3 is 4.90 Å². The van der Waals surface area contributed by atoms with E-state index in [2.05, 4.69) is 33.7 Å². The molecule has 1 aliphatic carbocycles. The number of thiazole rings is 1. The first-order valence-corrected chi connectivity index (χ1v) is 12.1. The van der Waals surface area contributed by atoms with Crippen molar-refractivity contribution in [2.45, 2.75) is 44.6 Å². The summed E-state index contributed by atoms with van der Waals surface area (Å²) in [5.74, 6) is -0.0934. The Bertz CT molecular complexity index is 1210. The van der Waals surface area contributed by atoms with E-state index in [9.17, 15) is 9.18 Å². The highest BCUT2D eigenvalue weighted by Crippen LogP contribution is 2.32. The highest BCUT2D eigenvalue weighted by atomic mass is 32.1. The molecule has 1 amide bonds. The Morgan fingerprint density at radius 2 is 1.94 bits per heavy atom. The average molecular weight is 448 g/mol. The van der Waals surface area contributed by atoms with Gasteiger partial charge in [-0.05, 0) is 49.1 Å². The molecule has 5 rings (SSSR count). The third kappa shape index (κ3) is 4.19. The largest absolute Gasteiger partial charge is 0.339 e. The van der Waals surface area contributed by atoms with Crippen LogP contribution in [0.5, 0.6) is 0 Å². The summed E-state index contributed by atoms with van der Waals surface area (Å²) in [6.45, 7) is 2.80. The first-order chi connectivity index (χ1) is 15.6. The van der Waals surface area contributed by atoms with Crippen LogP contribution in [0.15, 0.2) is 66.2 Å². The predicted octanol–water partition coefficient (Wildman–Crippen LogP) is 5.93. The van der Waals surface area contributed by atoms with Crippen LogP contribution in [-0.2, 0) is 11.2 Å². The van der Waals surface area contributed by atoms with Crippen molar-refractivity contribution < 1.29 is 9.18 Å². The summed E-state index contributed by atoms with van der Waals surface area (Å²) in [7, 11) is 0. The number of amides is 1. The zero-order valence-corrected chi connectivity index (χ0v) is 18.9. The number of benzene rings is 2. The molecule has 2 aromatic carbocycles. The second kappa shape index (κ2) is 8.87. The molecule has 0 radical (unpaired) electrons. The number of hydrogen-bond acceptors (Lipinski definition) is 3. The Morgan fingerprint density at radius 3 is 2.62 bits per heavy atom. The van der Waals surface area contributed by atoms with E-state index in [0.717, 1.165) is 53.2 Å². The fraction of sp³-hybridized carbons (Fsp3) is 0.308. The molecule has 0 spiro atoms. The number of rotatable bonds is 8. The minimum absolute atomic E-state index is 0.0855. The zero-order valence-electron chi connectivity index (χ0n) is 18.1. The molecule has 1 aliphatic rings. The number of hydrogen-bond donors (Lipinski definition) is 0. The van der Waals surface area contributed by atoms with Crippen LogP contribution in [0.1, 0.15) is 43.4 Å². The lowest BCUT2D eigenvalue weighted by molar-refractivity contribution is -0.133. The number of halogens is 1. The van der Waals surface area contributed by atoms with E-state index in [-0.39, 0.29) is 17.6 Å². The number of fused-ring (bicyclic) bond motifs is 1. The van der Waals surface area contributed by atoms with Crippen molar-refractivity contribution in [1.29, 1.82) is 0 Å². The van der Waals surface area contributed by atoms with Crippen LogP contribution in [0.3, 0.4) is 0 Å². The number of carbonyl (C=O) groups excluding carboxylic acids is 1. The molecule has 0 bridgehead atoms. The van der Waals surface area contributed by atoms with Crippen LogP contribution >= 0.6 is 11.3 Å². The quantitative estimate of drug-likeness (QED) is 0.336. The molecule has 1 fully saturated rings. The van der Waals surface area contributed by atoms with Gasteiger partial charge in [-0.2, -0.15) is 0 Å². The van der Waals surface area contributed by atoms with E-state index < -0.39 is 0 Å². The summed E-state index contributed by atoms with van der Waals surface area (Å²) in [5.41, 5.74) is 3.99. The molecule has 164 valence electrons. The minimum atomic E-state index is -0.249. The molecule has 2 heterocycles. The first-order valence-electron chi connectivity index (χ1n) is 11.2. The smallest absolute Gasteiger partial charge is 0.230 e. The van der Waals surface area contributed by atoms with Crippen LogP contribution in [-0.4, -0.2) is 32.8 Å². The summed E-state index contributed by atoms with van der Waals surface area (Å²) in [4.78, 5) is 21.2. The second-order valence-corrected chi connectivity index (χ2v) is 9.23. The van der Waals surface area contributed by atoms with E-state index >= 15 is 0 Å². The van der Waals surface area contributed by atoms with E-state index in [1.165, 1.54) is 12.1 Å². The maximum absolute atomic E-state index is 13.5. The van der Waals surface area contributed by atoms with E-state index in [0.29, 0.717) is 12.6 Å². The highest BCUT2D eigenvalue weighted by molar-refractivity contribution is 7.15. The van der Waals surface area contributed by atoms with Gasteiger partial charge in [0.15, 0.2) is 4.96 Å². The van der Waals surface area contributed by atoms with Gasteiger partial charge in [-0.1, -0.05) is 37.3 Å². The van der Waals surface area contributed by atoms with Crippen LogP contribution < -0.4 is 0 Å². The van der Waals surface area contributed by atoms with Gasteiger partial charge in [-0.25, -0.2) is 9.37 Å². The average Bonchev–Trinajstić information content (AvgIpc) is 3.45. The molecule has 1 saturated carbocycles. The van der Waals surface area contributed by atoms with Crippen molar-refractivity contribution >= 4 is 22.2 Å². The van der Waals surface area contributed by atoms with E-state index in [4.69, 9.17) is 4.98 Å². The first kappa shape index (κ1) is 20.9. The Hall–Kier alpha value is -2.99. The van der Waals surface area contributed by atoms with Gasteiger partial charge in [0.05, 0.1) is 11.6 Å². The van der Waals surface area contributed by atoms with Crippen molar-refractivity contribution in [3.8, 4) is 11.3 Å². The summed E-state index contributed by atoms with van der Waals surface area (Å²) in [6, 6.07) is 16.9. The van der Waals surface area contributed by atoms with Crippen LogP contribution in [0.25, 0.3) is 16.2 Å². The van der Waals surface area contributed by atoms with Gasteiger partial charge >= 0.3 is 0 Å². The second-order valence-electron chi connectivity index (χ2n) is 8.40. The minimum Gasteiger partial charge on any atom is -0.339 e. The van der Waals surface area contributed by atoms with Gasteiger partial charge in [0.25, 0.3) is 0 Å². The van der Waals surface area contributed by atoms with E-state index in [1.54, 1.807) is 23.5 Å². The van der Waals surface area contributed by atoms with Gasteiger partial charge in [0.2, 0.25) is 5.91 Å². The standard InChI is InChI=1S/C26H26FN3OS/c1-2-23(18-6-4-3-5-7-18)25(31)29(21-12-13-21)15-14-22-17-32-26-28-24(16-30(22)26)19-8-10-20(27)11-9-19/h3-11,16-17,21,23H,2,12-15H2,1H3. The molecule has 0 saturated heterocycles. The molecule has 4 aromatic rings. The lowest BCUT2D eigenvalue weighted by Gasteiger charge is -2.27. The monoisotopic (exact) mass is 447 g/mol. The van der Waals surface area contributed by atoms with Crippen LogP contribution in [0.2, 0.25) is 0 Å². The number of nitrogens with zero attached hydrogens (tertiary/aromatic N) is 3. The molecular formula is C26H26FN3OS. The van der Waals surface area contributed by atoms with Crippen molar-refractivity contribution in [1.82, 2.24) is 14.3 Å². The highest BCUT2D eigenvalue weighted by Gasteiger charge is 2.35. The molecule has 2 aromatic heterocycles. The Balaban J connectivity index is 1.34. The summed E-state index contributed by atoms with van der Waals surface area (Å²) >= 11 is 1.60. The van der Waals surface area contributed by atoms with Crippen molar-refractivity contribution in [2.75, 3.05) is 6.54 Å². The SMILES string of the molecule is CCC(C(=O)N(CCc1csc2nc(-c3ccc(F)cc3)cn12)C1CC1)c1ccccc1. The number of carbonyl (C=O) groups is 1. The molecule has 1 atom stereocenters. The third-order valence-electron chi connectivity index (χ3n) is 6.21. The summed E-state index contributed by atoms with van der Waals surface area (Å²) in [6.07, 6.45) is 5.78. The number of imidazole rings is 1. The Morgan fingerprint density at radius 1 is 1.19 bits per heavy atom. The third-order valence-corrected chi connectivity index (χ3v) is 7.10. The fourth-order valence-electron chi connectivity index (χ4n) is 4.30. The molecular weight excluding hydrogens is 421 g/mol. The van der Waals surface area contributed by atoms with Crippen molar-refractivity contribution in [2.24, 2.45) is 0 Å². The van der Waals surface area contributed by atoms with Gasteiger partial charge in [-0.15, -0.1) is 11.3 Å². The summed E-state index contributed by atoms with van der Waals surface area (Å²) < 4.78 is 15.4. The molecule has 0 N–H and O–H groups in total. The topological polar surface area (TPSA) is 37.6 Å². The normalized spacial score (nSPS) is 14.6.